The third-order valence-corrected chi connectivity index (χ3v) is 3.28. The van der Waals surface area contributed by atoms with Gasteiger partial charge in [-0.25, -0.2) is 0 Å². The van der Waals surface area contributed by atoms with E-state index in [-0.39, 0.29) is 6.61 Å². The van der Waals surface area contributed by atoms with Gasteiger partial charge in [0, 0.05) is 5.56 Å². The number of benzene rings is 2. The number of hydrogen-bond donors (Lipinski definition) is 0. The third kappa shape index (κ3) is 3.23. The van der Waals surface area contributed by atoms with Crippen LogP contribution in [0.2, 0.25) is 5.02 Å². The van der Waals surface area contributed by atoms with Crippen LogP contribution in [0.25, 0.3) is 11.4 Å². The van der Waals surface area contributed by atoms with Crippen molar-refractivity contribution in [1.82, 2.24) is 10.1 Å². The van der Waals surface area contributed by atoms with Crippen molar-refractivity contribution in [3.05, 3.63) is 65.0 Å². The van der Waals surface area contributed by atoms with Crippen LogP contribution in [0.3, 0.4) is 0 Å². The maximum atomic E-state index is 6.01. The smallest absolute Gasteiger partial charge is 0.264 e. The number of rotatable bonds is 4. The lowest BCUT2D eigenvalue weighted by atomic mass is 10.1. The molecule has 1 heterocycles. The van der Waals surface area contributed by atoms with E-state index in [1.165, 1.54) is 5.56 Å². The quantitative estimate of drug-likeness (QED) is 0.721. The van der Waals surface area contributed by atoms with Gasteiger partial charge in [-0.1, -0.05) is 58.7 Å². The molecule has 0 saturated carbocycles. The molecular formula is C16H13ClN2O2. The zero-order valence-electron chi connectivity index (χ0n) is 11.4. The summed E-state index contributed by atoms with van der Waals surface area (Å²) in [5.74, 6) is 1.55. The molecule has 0 aliphatic carbocycles. The molecule has 0 fully saturated rings. The van der Waals surface area contributed by atoms with Gasteiger partial charge in [-0.05, 0) is 19.1 Å². The predicted molar refractivity (Wildman–Crippen MR) is 80.3 cm³/mol. The zero-order valence-corrected chi connectivity index (χ0v) is 12.2. The lowest BCUT2D eigenvalue weighted by Crippen LogP contribution is -1.96. The summed E-state index contributed by atoms with van der Waals surface area (Å²) in [6.45, 7) is 2.21. The number of aromatic nitrogens is 2. The van der Waals surface area contributed by atoms with Crippen LogP contribution >= 0.6 is 11.6 Å². The second kappa shape index (κ2) is 5.97. The second-order valence-electron chi connectivity index (χ2n) is 4.60. The Bertz CT molecular complexity index is 738. The van der Waals surface area contributed by atoms with E-state index in [2.05, 4.69) is 10.1 Å². The molecule has 3 aromatic rings. The van der Waals surface area contributed by atoms with Crippen LogP contribution in [0.4, 0.5) is 0 Å². The molecule has 4 nitrogen and oxygen atoms in total. The van der Waals surface area contributed by atoms with E-state index in [1.54, 1.807) is 12.1 Å². The molecule has 3 rings (SSSR count). The van der Waals surface area contributed by atoms with E-state index in [9.17, 15) is 0 Å². The maximum absolute atomic E-state index is 6.01. The second-order valence-corrected chi connectivity index (χ2v) is 5.00. The summed E-state index contributed by atoms with van der Waals surface area (Å²) in [4.78, 5) is 4.31. The average Bonchev–Trinajstić information content (AvgIpc) is 2.96. The van der Waals surface area contributed by atoms with Crippen molar-refractivity contribution in [3.63, 3.8) is 0 Å². The fourth-order valence-corrected chi connectivity index (χ4v) is 2.02. The van der Waals surface area contributed by atoms with Crippen molar-refractivity contribution < 1.29 is 9.26 Å². The first kappa shape index (κ1) is 13.6. The Labute approximate surface area is 127 Å². The molecule has 0 spiro atoms. The van der Waals surface area contributed by atoms with Crippen molar-refractivity contribution in [2.24, 2.45) is 0 Å². The lowest BCUT2D eigenvalue weighted by Gasteiger charge is -2.04. The summed E-state index contributed by atoms with van der Waals surface area (Å²) in [5.41, 5.74) is 2.10. The minimum Gasteiger partial charge on any atom is -0.482 e. The molecule has 1 aromatic heterocycles. The maximum Gasteiger partial charge on any atom is 0.264 e. The van der Waals surface area contributed by atoms with E-state index in [0.29, 0.717) is 22.5 Å². The summed E-state index contributed by atoms with van der Waals surface area (Å²) in [6, 6.07) is 15.2. The van der Waals surface area contributed by atoms with Crippen LogP contribution in [-0.4, -0.2) is 10.1 Å². The van der Waals surface area contributed by atoms with Gasteiger partial charge in [0.25, 0.3) is 5.89 Å². The molecule has 0 amide bonds. The first-order valence-electron chi connectivity index (χ1n) is 6.49. The van der Waals surface area contributed by atoms with Crippen LogP contribution in [0, 0.1) is 6.92 Å². The minimum atomic E-state index is 0.183. The fraction of sp³-hybridized carbons (Fsp3) is 0.125. The number of nitrogens with zero attached hydrogens (tertiary/aromatic N) is 2. The molecule has 0 aliphatic rings. The highest BCUT2D eigenvalue weighted by Gasteiger charge is 2.09. The highest BCUT2D eigenvalue weighted by atomic mass is 35.5. The van der Waals surface area contributed by atoms with E-state index in [4.69, 9.17) is 20.9 Å². The molecule has 0 bridgehead atoms. The Morgan fingerprint density at radius 2 is 1.86 bits per heavy atom. The summed E-state index contributed by atoms with van der Waals surface area (Å²) in [6.07, 6.45) is 0. The summed E-state index contributed by atoms with van der Waals surface area (Å²) in [7, 11) is 0. The predicted octanol–water partition coefficient (Wildman–Crippen LogP) is 4.28. The van der Waals surface area contributed by atoms with Gasteiger partial charge in [-0.2, -0.15) is 4.98 Å². The normalized spacial score (nSPS) is 10.6. The van der Waals surface area contributed by atoms with Crippen molar-refractivity contribution in [2.45, 2.75) is 13.5 Å². The molecular weight excluding hydrogens is 288 g/mol. The van der Waals surface area contributed by atoms with Crippen LogP contribution in [0.1, 0.15) is 11.5 Å². The largest absolute Gasteiger partial charge is 0.482 e. The van der Waals surface area contributed by atoms with Crippen LogP contribution in [0.5, 0.6) is 5.75 Å². The molecule has 2 aromatic carbocycles. The Morgan fingerprint density at radius 1 is 1.10 bits per heavy atom. The third-order valence-electron chi connectivity index (χ3n) is 2.97. The number of aryl methyl sites for hydroxylation is 1. The van der Waals surface area contributed by atoms with Crippen molar-refractivity contribution in [2.75, 3.05) is 0 Å². The minimum absolute atomic E-state index is 0.183. The Kier molecular flexibility index (Phi) is 3.88. The molecule has 0 aliphatic heterocycles. The molecule has 0 unspecified atom stereocenters. The molecule has 0 atom stereocenters. The number of hydrogen-bond acceptors (Lipinski definition) is 4. The van der Waals surface area contributed by atoms with Crippen molar-refractivity contribution >= 4 is 11.6 Å². The van der Waals surface area contributed by atoms with Gasteiger partial charge in [0.2, 0.25) is 5.82 Å². The standard InChI is InChI=1S/C16H13ClN2O2/c1-11-6-8-12(9-7-11)16-18-15(21-19-16)10-20-14-5-3-2-4-13(14)17/h2-9H,10H2,1H3. The molecule has 0 N–H and O–H groups in total. The first-order chi connectivity index (χ1) is 10.2. The molecule has 5 heteroatoms. The highest BCUT2D eigenvalue weighted by Crippen LogP contribution is 2.24. The van der Waals surface area contributed by atoms with Gasteiger partial charge in [-0.15, -0.1) is 0 Å². The van der Waals surface area contributed by atoms with Crippen LogP contribution in [-0.2, 0) is 6.61 Å². The Morgan fingerprint density at radius 3 is 2.62 bits per heavy atom. The van der Waals surface area contributed by atoms with E-state index in [0.717, 1.165) is 5.56 Å². The molecule has 0 saturated heterocycles. The average molecular weight is 301 g/mol. The summed E-state index contributed by atoms with van der Waals surface area (Å²) < 4.78 is 10.7. The summed E-state index contributed by atoms with van der Waals surface area (Å²) in [5, 5.41) is 4.50. The molecule has 0 radical (unpaired) electrons. The molecule has 21 heavy (non-hydrogen) atoms. The fourth-order valence-electron chi connectivity index (χ4n) is 1.83. The van der Waals surface area contributed by atoms with Gasteiger partial charge in [-0.3, -0.25) is 0 Å². The summed E-state index contributed by atoms with van der Waals surface area (Å²) >= 11 is 6.01. The van der Waals surface area contributed by atoms with Crippen LogP contribution < -0.4 is 4.74 Å². The van der Waals surface area contributed by atoms with Gasteiger partial charge in [0.05, 0.1) is 5.02 Å². The lowest BCUT2D eigenvalue weighted by molar-refractivity contribution is 0.243. The monoisotopic (exact) mass is 300 g/mol. The van der Waals surface area contributed by atoms with E-state index >= 15 is 0 Å². The molecule has 106 valence electrons. The van der Waals surface area contributed by atoms with Crippen molar-refractivity contribution in [1.29, 1.82) is 0 Å². The van der Waals surface area contributed by atoms with Gasteiger partial charge in [0.1, 0.15) is 5.75 Å². The zero-order chi connectivity index (χ0) is 14.7. The Hall–Kier alpha value is -2.33. The number of para-hydroxylation sites is 1. The first-order valence-corrected chi connectivity index (χ1v) is 6.87. The van der Waals surface area contributed by atoms with Gasteiger partial charge >= 0.3 is 0 Å². The number of halogens is 1. The SMILES string of the molecule is Cc1ccc(-c2noc(COc3ccccc3Cl)n2)cc1. The number of ether oxygens (including phenoxy) is 1. The van der Waals surface area contributed by atoms with E-state index < -0.39 is 0 Å². The van der Waals surface area contributed by atoms with Gasteiger partial charge in [0.15, 0.2) is 6.61 Å². The van der Waals surface area contributed by atoms with E-state index in [1.807, 2.05) is 43.3 Å². The Balaban J connectivity index is 1.71. The highest BCUT2D eigenvalue weighted by molar-refractivity contribution is 6.32. The van der Waals surface area contributed by atoms with Gasteiger partial charge < -0.3 is 9.26 Å². The van der Waals surface area contributed by atoms with Crippen molar-refractivity contribution in [3.8, 4) is 17.1 Å². The van der Waals surface area contributed by atoms with Crippen LogP contribution in [0.15, 0.2) is 53.1 Å². The topological polar surface area (TPSA) is 48.2 Å².